The van der Waals surface area contributed by atoms with E-state index >= 15 is 0 Å². The van der Waals surface area contributed by atoms with Crippen LogP contribution in [0.15, 0.2) is 36.4 Å². The molecule has 0 bridgehead atoms. The van der Waals surface area contributed by atoms with Gasteiger partial charge < -0.3 is 11.2 Å². The standard InChI is InChI=1S/C21H25O.Y/c1-5-9-17(4)21-14-18(12-13-20(21)16(2)3)15-22-19-10-7-6-8-11-19;/h5-8,10,12-13,16-17H,9,15H2,1-4H3;/q-3;+3. The van der Waals surface area contributed by atoms with E-state index in [4.69, 9.17) is 4.74 Å². The van der Waals surface area contributed by atoms with Gasteiger partial charge in [-0.3, -0.25) is 0 Å². The molecular weight excluding hydrogens is 357 g/mol. The van der Waals surface area contributed by atoms with Gasteiger partial charge in [0.25, 0.3) is 0 Å². The molecule has 0 radical (unpaired) electrons. The molecule has 2 heteroatoms. The second kappa shape index (κ2) is 10.3. The van der Waals surface area contributed by atoms with Crippen LogP contribution in [0.4, 0.5) is 0 Å². The summed E-state index contributed by atoms with van der Waals surface area (Å²) in [4.78, 5) is 0. The van der Waals surface area contributed by atoms with Crippen molar-refractivity contribution in [2.75, 3.05) is 0 Å². The molecule has 0 amide bonds. The molecule has 0 aromatic heterocycles. The SMILES string of the molecule is C[CH-]CC(C)c1[c-]c(COc2[c-]cccc2)ccc1C(C)C.[Y+3]. The van der Waals surface area contributed by atoms with E-state index in [2.05, 4.69) is 58.4 Å². The largest absolute Gasteiger partial charge is 3.00 e. The number of rotatable bonds is 7. The molecule has 0 aliphatic heterocycles. The molecule has 2 aromatic rings. The maximum absolute atomic E-state index is 5.79. The van der Waals surface area contributed by atoms with Crippen LogP contribution in [0.1, 0.15) is 62.6 Å². The third-order valence-corrected chi connectivity index (χ3v) is 3.84. The van der Waals surface area contributed by atoms with Crippen molar-refractivity contribution in [2.45, 2.75) is 52.6 Å². The van der Waals surface area contributed by atoms with E-state index in [-0.39, 0.29) is 32.7 Å². The molecule has 0 fully saturated rings. The molecule has 2 aromatic carbocycles. The zero-order chi connectivity index (χ0) is 15.9. The monoisotopic (exact) mass is 382 g/mol. The summed E-state index contributed by atoms with van der Waals surface area (Å²) in [5.74, 6) is 1.79. The van der Waals surface area contributed by atoms with E-state index < -0.39 is 0 Å². The summed E-state index contributed by atoms with van der Waals surface area (Å²) in [6.45, 7) is 9.40. The molecule has 0 N–H and O–H groups in total. The van der Waals surface area contributed by atoms with Crippen LogP contribution in [0.3, 0.4) is 0 Å². The van der Waals surface area contributed by atoms with Crippen LogP contribution in [0, 0.1) is 18.6 Å². The molecule has 118 valence electrons. The third kappa shape index (κ3) is 6.05. The van der Waals surface area contributed by atoms with Crippen molar-refractivity contribution < 1.29 is 37.4 Å². The fraction of sp³-hybridized carbons (Fsp3) is 0.381. The van der Waals surface area contributed by atoms with Crippen LogP contribution in [0.5, 0.6) is 5.75 Å². The maximum atomic E-state index is 5.79. The van der Waals surface area contributed by atoms with Crippen molar-refractivity contribution in [3.05, 3.63) is 71.6 Å². The zero-order valence-electron chi connectivity index (χ0n) is 14.6. The van der Waals surface area contributed by atoms with Gasteiger partial charge in [0.05, 0.1) is 6.61 Å². The number of hydrogen-bond acceptors (Lipinski definition) is 1. The van der Waals surface area contributed by atoms with Gasteiger partial charge in [-0.25, -0.2) is 0 Å². The molecule has 0 saturated carbocycles. The average molecular weight is 382 g/mol. The molecule has 23 heavy (non-hydrogen) atoms. The van der Waals surface area contributed by atoms with E-state index in [1.54, 1.807) is 0 Å². The minimum absolute atomic E-state index is 0. The summed E-state index contributed by atoms with van der Waals surface area (Å²) in [5, 5.41) is 0. The zero-order valence-corrected chi connectivity index (χ0v) is 17.4. The van der Waals surface area contributed by atoms with Crippen LogP contribution < -0.4 is 4.74 Å². The van der Waals surface area contributed by atoms with Gasteiger partial charge >= 0.3 is 32.7 Å². The fourth-order valence-electron chi connectivity index (χ4n) is 2.66. The van der Waals surface area contributed by atoms with Crippen molar-refractivity contribution >= 4 is 0 Å². The molecule has 0 aliphatic carbocycles. The van der Waals surface area contributed by atoms with E-state index in [1.807, 2.05) is 24.3 Å². The summed E-state index contributed by atoms with van der Waals surface area (Å²) in [6.07, 6.45) is 3.30. The summed E-state index contributed by atoms with van der Waals surface area (Å²) in [5.41, 5.74) is 3.82. The van der Waals surface area contributed by atoms with E-state index in [0.717, 1.165) is 17.7 Å². The Morgan fingerprint density at radius 1 is 1.13 bits per heavy atom. The van der Waals surface area contributed by atoms with Crippen molar-refractivity contribution in [1.29, 1.82) is 0 Å². The van der Waals surface area contributed by atoms with Gasteiger partial charge in [-0.05, 0) is 0 Å². The normalized spacial score (nSPS) is 11.9. The molecule has 1 atom stereocenters. The van der Waals surface area contributed by atoms with Crippen LogP contribution in [-0.4, -0.2) is 0 Å². The molecule has 1 nitrogen and oxygen atoms in total. The maximum Gasteiger partial charge on any atom is 3.00 e. The Balaban J connectivity index is 0.00000264. The van der Waals surface area contributed by atoms with Crippen molar-refractivity contribution in [2.24, 2.45) is 0 Å². The first-order valence-electron chi connectivity index (χ1n) is 8.04. The van der Waals surface area contributed by atoms with Crippen molar-refractivity contribution in [1.82, 2.24) is 0 Å². The number of ether oxygens (including phenoxy) is 1. The Labute approximate surface area is 166 Å². The Morgan fingerprint density at radius 2 is 1.91 bits per heavy atom. The Bertz CT molecular complexity index is 578. The molecule has 0 spiro atoms. The Morgan fingerprint density at radius 3 is 2.52 bits per heavy atom. The van der Waals surface area contributed by atoms with Gasteiger partial charge in [0, 0.05) is 5.75 Å². The van der Waals surface area contributed by atoms with E-state index in [0.29, 0.717) is 18.4 Å². The Hall–Kier alpha value is -0.656. The summed E-state index contributed by atoms with van der Waals surface area (Å²) < 4.78 is 5.79. The van der Waals surface area contributed by atoms with Gasteiger partial charge in [0.1, 0.15) is 0 Å². The van der Waals surface area contributed by atoms with Crippen LogP contribution in [0.25, 0.3) is 0 Å². The summed E-state index contributed by atoms with van der Waals surface area (Å²) in [7, 11) is 0. The predicted molar refractivity (Wildman–Crippen MR) is 92.0 cm³/mol. The van der Waals surface area contributed by atoms with Crippen LogP contribution in [-0.2, 0) is 39.3 Å². The van der Waals surface area contributed by atoms with Gasteiger partial charge in [0.15, 0.2) is 0 Å². The fourth-order valence-corrected chi connectivity index (χ4v) is 2.66. The molecule has 0 saturated heterocycles. The van der Waals surface area contributed by atoms with Crippen LogP contribution >= 0.6 is 0 Å². The summed E-state index contributed by atoms with van der Waals surface area (Å²) >= 11 is 0. The van der Waals surface area contributed by atoms with Gasteiger partial charge in [-0.15, -0.1) is 17.7 Å². The first-order valence-corrected chi connectivity index (χ1v) is 8.04. The van der Waals surface area contributed by atoms with Crippen molar-refractivity contribution in [3.63, 3.8) is 0 Å². The molecule has 0 aliphatic rings. The number of hydrogen-bond donors (Lipinski definition) is 0. The third-order valence-electron chi connectivity index (χ3n) is 3.84. The second-order valence-electron chi connectivity index (χ2n) is 6.07. The Kier molecular flexibility index (Phi) is 9.09. The van der Waals surface area contributed by atoms with Crippen molar-refractivity contribution in [3.8, 4) is 5.75 Å². The quantitative estimate of drug-likeness (QED) is 0.558. The number of para-hydroxylation sites is 1. The molecule has 0 heterocycles. The average Bonchev–Trinajstić information content (AvgIpc) is 2.53. The number of benzene rings is 2. The van der Waals surface area contributed by atoms with Gasteiger partial charge in [-0.1, -0.05) is 32.6 Å². The minimum atomic E-state index is 0. The minimum Gasteiger partial charge on any atom is -0.517 e. The van der Waals surface area contributed by atoms with E-state index in [1.165, 1.54) is 11.1 Å². The molecule has 2 rings (SSSR count). The molecule has 1 unspecified atom stereocenters. The first-order chi connectivity index (χ1) is 10.6. The summed E-state index contributed by atoms with van der Waals surface area (Å²) in [6, 6.07) is 18.7. The van der Waals surface area contributed by atoms with Crippen LogP contribution in [0.2, 0.25) is 0 Å². The topological polar surface area (TPSA) is 9.23 Å². The predicted octanol–water partition coefficient (Wildman–Crippen LogP) is 5.70. The van der Waals surface area contributed by atoms with Gasteiger partial charge in [0.2, 0.25) is 0 Å². The second-order valence-corrected chi connectivity index (χ2v) is 6.07. The van der Waals surface area contributed by atoms with Gasteiger partial charge in [-0.2, -0.15) is 60.9 Å². The molecular formula is C21H25OY. The first kappa shape index (κ1) is 20.4. The van der Waals surface area contributed by atoms with E-state index in [9.17, 15) is 0 Å². The smallest absolute Gasteiger partial charge is 0.517 e.